The first-order chi connectivity index (χ1) is 8.67. The van der Waals surface area contributed by atoms with Gasteiger partial charge in [-0.05, 0) is 19.4 Å². The zero-order valence-corrected chi connectivity index (χ0v) is 11.9. The van der Waals surface area contributed by atoms with Gasteiger partial charge in [0, 0.05) is 18.8 Å². The second-order valence-corrected chi connectivity index (χ2v) is 5.16. The molecule has 1 rings (SSSR count). The topological polar surface area (TPSA) is 40.5 Å². The van der Waals surface area contributed by atoms with Crippen LogP contribution in [-0.2, 0) is 10.5 Å². The minimum absolute atomic E-state index is 0.0300. The van der Waals surface area contributed by atoms with E-state index >= 15 is 0 Å². The molecule has 1 amide bonds. The maximum atomic E-state index is 11.8. The van der Waals surface area contributed by atoms with Crippen molar-refractivity contribution in [2.45, 2.75) is 19.6 Å². The molecule has 0 aliphatic heterocycles. The summed E-state index contributed by atoms with van der Waals surface area (Å²) in [6, 6.07) is 8.36. The molecule has 100 valence electrons. The maximum absolute atomic E-state index is 11.8. The third-order valence-corrected chi connectivity index (χ3v) is 3.71. The van der Waals surface area contributed by atoms with E-state index in [-0.39, 0.29) is 12.5 Å². The third-order valence-electron chi connectivity index (χ3n) is 2.72. The van der Waals surface area contributed by atoms with Gasteiger partial charge >= 0.3 is 0 Å². The Hall–Kier alpha value is -1.00. The van der Waals surface area contributed by atoms with Crippen LogP contribution in [0.3, 0.4) is 0 Å². The van der Waals surface area contributed by atoms with Crippen molar-refractivity contribution in [1.29, 1.82) is 0 Å². The number of carbonyl (C=O) groups is 1. The number of hydrogen-bond donors (Lipinski definition) is 1. The summed E-state index contributed by atoms with van der Waals surface area (Å²) in [6.45, 7) is 5.11. The highest BCUT2D eigenvalue weighted by Crippen LogP contribution is 2.13. The number of thioether (sulfide) groups is 1. The molecular weight excluding hydrogens is 246 g/mol. The van der Waals surface area contributed by atoms with Crippen molar-refractivity contribution < 1.29 is 9.90 Å². The predicted octanol–water partition coefficient (Wildman–Crippen LogP) is 2.07. The van der Waals surface area contributed by atoms with Crippen LogP contribution in [-0.4, -0.2) is 41.4 Å². The number of benzene rings is 1. The fourth-order valence-corrected chi connectivity index (χ4v) is 2.50. The Morgan fingerprint density at radius 1 is 1.33 bits per heavy atom. The molecule has 0 aliphatic carbocycles. The van der Waals surface area contributed by atoms with E-state index in [0.717, 1.165) is 5.75 Å². The smallest absolute Gasteiger partial charge is 0.232 e. The number of aliphatic hydroxyl groups excluding tert-OH is 1. The quantitative estimate of drug-likeness (QED) is 0.822. The Morgan fingerprint density at radius 3 is 2.56 bits per heavy atom. The zero-order chi connectivity index (χ0) is 13.4. The summed E-state index contributed by atoms with van der Waals surface area (Å²) in [4.78, 5) is 13.5. The van der Waals surface area contributed by atoms with E-state index in [2.05, 4.69) is 31.2 Å². The SMILES string of the molecule is CCN(CCO)C(=O)CSCc1ccc(C)cc1. The number of nitrogens with zero attached hydrogens (tertiary/aromatic N) is 1. The number of aliphatic hydroxyl groups is 1. The van der Waals surface area contributed by atoms with Gasteiger partial charge in [-0.3, -0.25) is 4.79 Å². The highest BCUT2D eigenvalue weighted by atomic mass is 32.2. The maximum Gasteiger partial charge on any atom is 0.232 e. The first-order valence-corrected chi connectivity index (χ1v) is 7.34. The molecule has 0 radical (unpaired) electrons. The molecule has 0 aliphatic rings. The van der Waals surface area contributed by atoms with Crippen LogP contribution in [0.2, 0.25) is 0 Å². The predicted molar refractivity (Wildman–Crippen MR) is 76.7 cm³/mol. The summed E-state index contributed by atoms with van der Waals surface area (Å²) in [5.41, 5.74) is 2.49. The summed E-state index contributed by atoms with van der Waals surface area (Å²) in [5.74, 6) is 1.42. The lowest BCUT2D eigenvalue weighted by molar-refractivity contribution is -0.128. The lowest BCUT2D eigenvalue weighted by Gasteiger charge is -2.19. The molecule has 0 unspecified atom stereocenters. The van der Waals surface area contributed by atoms with Gasteiger partial charge in [-0.2, -0.15) is 0 Å². The Kier molecular flexibility index (Phi) is 6.83. The average molecular weight is 267 g/mol. The van der Waals surface area contributed by atoms with Crippen LogP contribution in [0.5, 0.6) is 0 Å². The van der Waals surface area contributed by atoms with Gasteiger partial charge < -0.3 is 10.0 Å². The van der Waals surface area contributed by atoms with Gasteiger partial charge in [0.05, 0.1) is 12.4 Å². The molecule has 1 aromatic carbocycles. The fourth-order valence-electron chi connectivity index (χ4n) is 1.61. The monoisotopic (exact) mass is 267 g/mol. The van der Waals surface area contributed by atoms with Crippen LogP contribution < -0.4 is 0 Å². The van der Waals surface area contributed by atoms with Crippen LogP contribution in [0, 0.1) is 6.92 Å². The number of rotatable bonds is 7. The van der Waals surface area contributed by atoms with Crippen molar-refractivity contribution in [2.24, 2.45) is 0 Å². The molecule has 0 spiro atoms. The zero-order valence-electron chi connectivity index (χ0n) is 11.1. The number of likely N-dealkylation sites (N-methyl/N-ethyl adjacent to an activating group) is 1. The molecule has 1 N–H and O–H groups in total. The van der Waals surface area contributed by atoms with E-state index in [1.807, 2.05) is 6.92 Å². The van der Waals surface area contributed by atoms with E-state index in [0.29, 0.717) is 18.8 Å². The van der Waals surface area contributed by atoms with E-state index in [1.165, 1.54) is 11.1 Å². The standard InChI is InChI=1S/C14H21NO2S/c1-3-15(8-9-16)14(17)11-18-10-13-6-4-12(2)5-7-13/h4-7,16H,3,8-11H2,1-2H3. The summed E-state index contributed by atoms with van der Waals surface area (Å²) >= 11 is 1.62. The Bertz CT molecular complexity index is 365. The van der Waals surface area contributed by atoms with Crippen molar-refractivity contribution in [2.75, 3.05) is 25.4 Å². The van der Waals surface area contributed by atoms with Gasteiger partial charge in [0.25, 0.3) is 0 Å². The summed E-state index contributed by atoms with van der Waals surface area (Å²) in [5, 5.41) is 8.85. The molecule has 0 saturated heterocycles. The van der Waals surface area contributed by atoms with Gasteiger partial charge in [-0.25, -0.2) is 0 Å². The molecule has 0 bridgehead atoms. The molecule has 0 aromatic heterocycles. The van der Waals surface area contributed by atoms with Crippen LogP contribution >= 0.6 is 11.8 Å². The van der Waals surface area contributed by atoms with Gasteiger partial charge in [0.15, 0.2) is 0 Å². The fraction of sp³-hybridized carbons (Fsp3) is 0.500. The highest BCUT2D eigenvalue weighted by Gasteiger charge is 2.10. The summed E-state index contributed by atoms with van der Waals surface area (Å²) in [6.07, 6.45) is 0. The lowest BCUT2D eigenvalue weighted by atomic mass is 10.2. The second-order valence-electron chi connectivity index (χ2n) is 4.18. The van der Waals surface area contributed by atoms with Crippen molar-refractivity contribution >= 4 is 17.7 Å². The van der Waals surface area contributed by atoms with Crippen molar-refractivity contribution in [3.8, 4) is 0 Å². The van der Waals surface area contributed by atoms with Crippen molar-refractivity contribution in [3.05, 3.63) is 35.4 Å². The summed E-state index contributed by atoms with van der Waals surface area (Å²) in [7, 11) is 0. The Morgan fingerprint density at radius 2 is 2.00 bits per heavy atom. The molecule has 0 fully saturated rings. The van der Waals surface area contributed by atoms with Crippen LogP contribution in [0.1, 0.15) is 18.1 Å². The molecule has 18 heavy (non-hydrogen) atoms. The van der Waals surface area contributed by atoms with Crippen LogP contribution in [0.25, 0.3) is 0 Å². The van der Waals surface area contributed by atoms with E-state index in [4.69, 9.17) is 5.11 Å². The average Bonchev–Trinajstić information content (AvgIpc) is 2.38. The van der Waals surface area contributed by atoms with E-state index in [1.54, 1.807) is 16.7 Å². The van der Waals surface area contributed by atoms with Gasteiger partial charge in [-0.1, -0.05) is 29.8 Å². The lowest BCUT2D eigenvalue weighted by Crippen LogP contribution is -2.34. The molecule has 1 aromatic rings. The van der Waals surface area contributed by atoms with Gasteiger partial charge in [0.1, 0.15) is 0 Å². The van der Waals surface area contributed by atoms with Crippen molar-refractivity contribution in [1.82, 2.24) is 4.90 Å². The first kappa shape index (κ1) is 15.1. The minimum Gasteiger partial charge on any atom is -0.395 e. The Labute approximate surface area is 113 Å². The largest absolute Gasteiger partial charge is 0.395 e. The number of aryl methyl sites for hydroxylation is 1. The van der Waals surface area contributed by atoms with Crippen LogP contribution in [0.4, 0.5) is 0 Å². The van der Waals surface area contributed by atoms with Gasteiger partial charge in [-0.15, -0.1) is 11.8 Å². The number of amides is 1. The molecule has 3 nitrogen and oxygen atoms in total. The molecule has 0 atom stereocenters. The van der Waals surface area contributed by atoms with Crippen LogP contribution in [0.15, 0.2) is 24.3 Å². The second kappa shape index (κ2) is 8.16. The molecule has 0 saturated carbocycles. The number of hydrogen-bond acceptors (Lipinski definition) is 3. The molecule has 0 heterocycles. The number of carbonyl (C=O) groups excluding carboxylic acids is 1. The van der Waals surface area contributed by atoms with E-state index < -0.39 is 0 Å². The molecular formula is C14H21NO2S. The van der Waals surface area contributed by atoms with Crippen molar-refractivity contribution in [3.63, 3.8) is 0 Å². The first-order valence-electron chi connectivity index (χ1n) is 6.19. The third kappa shape index (κ3) is 5.10. The molecule has 4 heteroatoms. The minimum atomic E-state index is 0.0300. The summed E-state index contributed by atoms with van der Waals surface area (Å²) < 4.78 is 0. The van der Waals surface area contributed by atoms with E-state index in [9.17, 15) is 4.79 Å². The Balaban J connectivity index is 2.32. The van der Waals surface area contributed by atoms with Gasteiger partial charge in [0.2, 0.25) is 5.91 Å². The highest BCUT2D eigenvalue weighted by molar-refractivity contribution is 7.99. The normalized spacial score (nSPS) is 10.4.